The van der Waals surface area contributed by atoms with E-state index in [1.807, 2.05) is 43.5 Å². The molecule has 0 bridgehead atoms. The second-order valence-corrected chi connectivity index (χ2v) is 9.68. The van der Waals surface area contributed by atoms with Crippen molar-refractivity contribution in [2.45, 2.75) is 38.1 Å². The molecule has 1 aromatic heterocycles. The van der Waals surface area contributed by atoms with Crippen LogP contribution in [0.3, 0.4) is 0 Å². The maximum Gasteiger partial charge on any atom is 0.243 e. The highest BCUT2D eigenvalue weighted by Gasteiger charge is 2.32. The molecule has 1 fully saturated rings. The molecule has 1 amide bonds. The van der Waals surface area contributed by atoms with E-state index in [1.165, 1.54) is 4.31 Å². The molecule has 1 aromatic carbocycles. The summed E-state index contributed by atoms with van der Waals surface area (Å²) in [4.78, 5) is 13.8. The molecule has 1 saturated heterocycles. The lowest BCUT2D eigenvalue weighted by Crippen LogP contribution is -2.43. The average Bonchev–Trinajstić information content (AvgIpc) is 3.15. The normalized spacial score (nSPS) is 16.5. The van der Waals surface area contributed by atoms with E-state index in [9.17, 15) is 13.2 Å². The van der Waals surface area contributed by atoms with Gasteiger partial charge >= 0.3 is 0 Å². The number of piperidine rings is 1. The van der Waals surface area contributed by atoms with Gasteiger partial charge in [0.25, 0.3) is 0 Å². The van der Waals surface area contributed by atoms with Crippen molar-refractivity contribution in [3.05, 3.63) is 51.7 Å². The monoisotopic (exact) mass is 392 g/mol. The highest BCUT2D eigenvalue weighted by molar-refractivity contribution is 7.89. The Balaban J connectivity index is 1.60. The number of hydrogen-bond donors (Lipinski definition) is 1. The van der Waals surface area contributed by atoms with Gasteiger partial charge in [0, 0.05) is 23.9 Å². The summed E-state index contributed by atoms with van der Waals surface area (Å²) >= 11 is 1.61. The van der Waals surface area contributed by atoms with E-state index in [1.54, 1.807) is 17.4 Å². The third-order valence-electron chi connectivity index (χ3n) is 4.80. The average molecular weight is 393 g/mol. The fourth-order valence-corrected chi connectivity index (χ4v) is 5.64. The Hall–Kier alpha value is -1.70. The molecule has 2 heterocycles. The number of hydrogen-bond acceptors (Lipinski definition) is 4. The van der Waals surface area contributed by atoms with Crippen LogP contribution in [0.4, 0.5) is 0 Å². The zero-order valence-electron chi connectivity index (χ0n) is 15.1. The quantitative estimate of drug-likeness (QED) is 0.850. The molecule has 0 saturated carbocycles. The maximum atomic E-state index is 12.9. The van der Waals surface area contributed by atoms with Crippen molar-refractivity contribution in [2.75, 3.05) is 13.1 Å². The van der Waals surface area contributed by atoms with E-state index in [0.717, 1.165) is 16.0 Å². The topological polar surface area (TPSA) is 66.5 Å². The standard InChI is InChI=1S/C19H24N2O3S2/c1-14-5-6-15(2)18(12-14)26(23,24)21-9-7-16(8-10-21)19(22)20-13-17-4-3-11-25-17/h3-6,11-12,16H,7-10,13H2,1-2H3,(H,20,22). The van der Waals surface area contributed by atoms with Gasteiger partial charge in [-0.15, -0.1) is 11.3 Å². The molecular formula is C19H24N2O3S2. The third kappa shape index (κ3) is 4.16. The first kappa shape index (κ1) is 19.1. The van der Waals surface area contributed by atoms with Crippen LogP contribution in [0.5, 0.6) is 0 Å². The molecule has 0 spiro atoms. The smallest absolute Gasteiger partial charge is 0.243 e. The molecular weight excluding hydrogens is 368 g/mol. The maximum absolute atomic E-state index is 12.9. The van der Waals surface area contributed by atoms with Gasteiger partial charge in [0.15, 0.2) is 0 Å². The summed E-state index contributed by atoms with van der Waals surface area (Å²) in [5.41, 5.74) is 1.68. The Bertz CT molecular complexity index is 868. The van der Waals surface area contributed by atoms with Crippen LogP contribution >= 0.6 is 11.3 Å². The lowest BCUT2D eigenvalue weighted by atomic mass is 9.97. The Morgan fingerprint density at radius 1 is 1.23 bits per heavy atom. The summed E-state index contributed by atoms with van der Waals surface area (Å²) in [6, 6.07) is 9.43. The molecule has 1 N–H and O–H groups in total. The predicted molar refractivity (Wildman–Crippen MR) is 104 cm³/mol. The van der Waals surface area contributed by atoms with Gasteiger partial charge in [0.1, 0.15) is 0 Å². The van der Waals surface area contributed by atoms with E-state index in [4.69, 9.17) is 0 Å². The van der Waals surface area contributed by atoms with E-state index < -0.39 is 10.0 Å². The summed E-state index contributed by atoms with van der Waals surface area (Å²) in [5.74, 6) is -0.109. The Kier molecular flexibility index (Phi) is 5.79. The number of benzene rings is 1. The highest BCUT2D eigenvalue weighted by Crippen LogP contribution is 2.26. The molecule has 0 atom stereocenters. The van der Waals surface area contributed by atoms with E-state index in [2.05, 4.69) is 5.32 Å². The minimum absolute atomic E-state index is 0.0159. The van der Waals surface area contributed by atoms with Crippen molar-refractivity contribution in [3.63, 3.8) is 0 Å². The first-order valence-corrected chi connectivity index (χ1v) is 11.1. The number of rotatable bonds is 5. The van der Waals surface area contributed by atoms with Crippen LogP contribution in [0.2, 0.25) is 0 Å². The van der Waals surface area contributed by atoms with Crippen LogP contribution in [-0.2, 0) is 21.4 Å². The van der Waals surface area contributed by atoms with Crippen LogP contribution < -0.4 is 5.32 Å². The summed E-state index contributed by atoms with van der Waals surface area (Å²) < 4.78 is 27.4. The number of amides is 1. The fourth-order valence-electron chi connectivity index (χ4n) is 3.21. The molecule has 5 nitrogen and oxygen atoms in total. The third-order valence-corrected chi connectivity index (χ3v) is 7.72. The largest absolute Gasteiger partial charge is 0.351 e. The molecule has 7 heteroatoms. The molecule has 2 aromatic rings. The summed E-state index contributed by atoms with van der Waals surface area (Å²) in [7, 11) is -3.51. The minimum atomic E-state index is -3.51. The van der Waals surface area contributed by atoms with Gasteiger partial charge in [0.2, 0.25) is 15.9 Å². The number of sulfonamides is 1. The molecule has 26 heavy (non-hydrogen) atoms. The van der Waals surface area contributed by atoms with Gasteiger partial charge in [0.05, 0.1) is 11.4 Å². The zero-order valence-corrected chi connectivity index (χ0v) is 16.7. The lowest BCUT2D eigenvalue weighted by molar-refractivity contribution is -0.126. The molecule has 1 aliphatic heterocycles. The van der Waals surface area contributed by atoms with Crippen molar-refractivity contribution < 1.29 is 13.2 Å². The summed E-state index contributed by atoms with van der Waals surface area (Å²) in [5, 5.41) is 4.94. The second-order valence-electron chi connectivity index (χ2n) is 6.74. The van der Waals surface area contributed by atoms with Crippen LogP contribution in [0, 0.1) is 19.8 Å². The minimum Gasteiger partial charge on any atom is -0.351 e. The van der Waals surface area contributed by atoms with Crippen LogP contribution in [0.1, 0.15) is 28.8 Å². The van der Waals surface area contributed by atoms with E-state index in [-0.39, 0.29) is 11.8 Å². The first-order chi connectivity index (χ1) is 12.4. The van der Waals surface area contributed by atoms with Crippen molar-refractivity contribution >= 4 is 27.3 Å². The van der Waals surface area contributed by atoms with Gasteiger partial charge in [-0.1, -0.05) is 18.2 Å². The highest BCUT2D eigenvalue weighted by atomic mass is 32.2. The van der Waals surface area contributed by atoms with Crippen LogP contribution in [0.25, 0.3) is 0 Å². The molecule has 140 valence electrons. The number of aryl methyl sites for hydroxylation is 2. The fraction of sp³-hybridized carbons (Fsp3) is 0.421. The first-order valence-electron chi connectivity index (χ1n) is 8.75. The summed E-state index contributed by atoms with van der Waals surface area (Å²) in [6.45, 7) is 5.01. The van der Waals surface area contributed by atoms with Gasteiger partial charge in [-0.25, -0.2) is 8.42 Å². The van der Waals surface area contributed by atoms with Gasteiger partial charge in [-0.2, -0.15) is 4.31 Å². The molecule has 1 aliphatic rings. The van der Waals surface area contributed by atoms with Gasteiger partial charge < -0.3 is 5.32 Å². The van der Waals surface area contributed by atoms with Crippen molar-refractivity contribution in [1.29, 1.82) is 0 Å². The van der Waals surface area contributed by atoms with Crippen LogP contribution in [0.15, 0.2) is 40.6 Å². The van der Waals surface area contributed by atoms with E-state index >= 15 is 0 Å². The Labute approximate surface area is 159 Å². The van der Waals surface area contributed by atoms with E-state index in [0.29, 0.717) is 37.4 Å². The predicted octanol–water partition coefficient (Wildman–Crippen LogP) is 3.08. The number of nitrogens with zero attached hydrogens (tertiary/aromatic N) is 1. The number of carbonyl (C=O) groups is 1. The number of thiophene rings is 1. The zero-order chi connectivity index (χ0) is 18.7. The van der Waals surface area contributed by atoms with Crippen molar-refractivity contribution in [1.82, 2.24) is 9.62 Å². The van der Waals surface area contributed by atoms with Crippen molar-refractivity contribution in [2.24, 2.45) is 5.92 Å². The molecule has 0 radical (unpaired) electrons. The SMILES string of the molecule is Cc1ccc(C)c(S(=O)(=O)N2CCC(C(=O)NCc3cccs3)CC2)c1. The van der Waals surface area contributed by atoms with Gasteiger partial charge in [-0.3, -0.25) is 4.79 Å². The van der Waals surface area contributed by atoms with Gasteiger partial charge in [-0.05, 0) is 55.3 Å². The number of nitrogens with one attached hydrogen (secondary N) is 1. The summed E-state index contributed by atoms with van der Waals surface area (Å²) in [6.07, 6.45) is 1.11. The molecule has 3 rings (SSSR count). The Morgan fingerprint density at radius 3 is 2.62 bits per heavy atom. The lowest BCUT2D eigenvalue weighted by Gasteiger charge is -2.31. The van der Waals surface area contributed by atoms with Crippen LogP contribution in [-0.4, -0.2) is 31.7 Å². The van der Waals surface area contributed by atoms with Crippen molar-refractivity contribution in [3.8, 4) is 0 Å². The second kappa shape index (κ2) is 7.90. The Morgan fingerprint density at radius 2 is 1.96 bits per heavy atom. The molecule has 0 unspecified atom stereocenters. The molecule has 0 aliphatic carbocycles. The number of carbonyl (C=O) groups excluding carboxylic acids is 1.